The summed E-state index contributed by atoms with van der Waals surface area (Å²) in [4.78, 5) is 2.93. The third kappa shape index (κ3) is 4.14. The summed E-state index contributed by atoms with van der Waals surface area (Å²) in [5.41, 5.74) is 0.243. The molecule has 0 aliphatic carbocycles. The maximum absolute atomic E-state index is 12.9. The molecule has 0 spiro atoms. The van der Waals surface area contributed by atoms with Gasteiger partial charge in [0, 0.05) is 11.4 Å². The first-order chi connectivity index (χ1) is 8.99. The number of likely N-dealkylation sites (tertiary alicyclic amines) is 1. The smallest absolute Gasteiger partial charge is 0.299 e. The van der Waals surface area contributed by atoms with Gasteiger partial charge in [-0.2, -0.15) is 13.2 Å². The molecule has 0 N–H and O–H groups in total. The van der Waals surface area contributed by atoms with Crippen molar-refractivity contribution in [3.05, 3.63) is 29.3 Å². The molecule has 0 saturated carbocycles. The average molecular weight is 289 g/mol. The standard InChI is InChI=1S/C14H18F3NS/c1-2-19-13-8-11(10-18-5-3-4-6-18)7-12(9-13)14(15,16)17/h7-9H,2-6,10H2,1H3. The van der Waals surface area contributed by atoms with Crippen molar-refractivity contribution < 1.29 is 13.2 Å². The lowest BCUT2D eigenvalue weighted by atomic mass is 10.1. The van der Waals surface area contributed by atoms with Gasteiger partial charge in [0.25, 0.3) is 0 Å². The molecule has 0 bridgehead atoms. The van der Waals surface area contributed by atoms with Crippen molar-refractivity contribution in [2.24, 2.45) is 0 Å². The number of benzene rings is 1. The number of nitrogens with zero attached hydrogens (tertiary/aromatic N) is 1. The van der Waals surface area contributed by atoms with E-state index < -0.39 is 11.7 Å². The van der Waals surface area contributed by atoms with Gasteiger partial charge in [-0.1, -0.05) is 6.92 Å². The van der Waals surface area contributed by atoms with Gasteiger partial charge in [-0.15, -0.1) is 11.8 Å². The second-order valence-electron chi connectivity index (χ2n) is 4.78. The lowest BCUT2D eigenvalue weighted by Gasteiger charge is -2.17. The SMILES string of the molecule is CCSc1cc(CN2CCCC2)cc(C(F)(F)F)c1. The van der Waals surface area contributed by atoms with E-state index in [9.17, 15) is 13.2 Å². The average Bonchev–Trinajstić information content (AvgIpc) is 2.81. The Morgan fingerprint density at radius 2 is 1.84 bits per heavy atom. The fourth-order valence-electron chi connectivity index (χ4n) is 2.36. The van der Waals surface area contributed by atoms with Crippen molar-refractivity contribution in [2.75, 3.05) is 18.8 Å². The molecule has 0 radical (unpaired) electrons. The van der Waals surface area contributed by atoms with Crippen molar-refractivity contribution in [2.45, 2.75) is 37.4 Å². The highest BCUT2D eigenvalue weighted by Gasteiger charge is 2.31. The topological polar surface area (TPSA) is 3.24 Å². The molecule has 5 heteroatoms. The quantitative estimate of drug-likeness (QED) is 0.755. The van der Waals surface area contributed by atoms with E-state index in [1.54, 1.807) is 0 Å². The third-order valence-corrected chi connectivity index (χ3v) is 4.07. The van der Waals surface area contributed by atoms with Crippen molar-refractivity contribution in [3.8, 4) is 0 Å². The second kappa shape index (κ2) is 6.18. The van der Waals surface area contributed by atoms with E-state index in [-0.39, 0.29) is 0 Å². The van der Waals surface area contributed by atoms with E-state index >= 15 is 0 Å². The number of alkyl halides is 3. The van der Waals surface area contributed by atoms with Gasteiger partial charge in [0.05, 0.1) is 5.56 Å². The normalized spacial score (nSPS) is 17.1. The van der Waals surface area contributed by atoms with Gasteiger partial charge in [-0.3, -0.25) is 4.90 Å². The number of thioether (sulfide) groups is 1. The molecule has 2 rings (SSSR count). The summed E-state index contributed by atoms with van der Waals surface area (Å²) >= 11 is 1.46. The molecule has 1 fully saturated rings. The minimum atomic E-state index is -4.26. The van der Waals surface area contributed by atoms with Gasteiger partial charge in [-0.05, 0) is 55.4 Å². The summed E-state index contributed by atoms with van der Waals surface area (Å²) in [5, 5.41) is 0. The molecular formula is C14H18F3NS. The predicted molar refractivity (Wildman–Crippen MR) is 72.4 cm³/mol. The molecule has 1 aliphatic rings. The first-order valence-corrected chi connectivity index (χ1v) is 7.54. The highest BCUT2D eigenvalue weighted by atomic mass is 32.2. The lowest BCUT2D eigenvalue weighted by Crippen LogP contribution is -2.19. The molecule has 1 aromatic carbocycles. The molecule has 1 nitrogen and oxygen atoms in total. The van der Waals surface area contributed by atoms with Crippen LogP contribution in [0.25, 0.3) is 0 Å². The molecule has 106 valence electrons. The predicted octanol–water partition coefficient (Wildman–Crippen LogP) is 4.41. The molecule has 1 heterocycles. The second-order valence-corrected chi connectivity index (χ2v) is 6.12. The van der Waals surface area contributed by atoms with Gasteiger partial charge in [0.15, 0.2) is 0 Å². The molecule has 1 aliphatic heterocycles. The van der Waals surface area contributed by atoms with Crippen LogP contribution in [0.2, 0.25) is 0 Å². The van der Waals surface area contributed by atoms with Gasteiger partial charge in [0.1, 0.15) is 0 Å². The largest absolute Gasteiger partial charge is 0.416 e. The van der Waals surface area contributed by atoms with E-state index in [0.29, 0.717) is 11.4 Å². The summed E-state index contributed by atoms with van der Waals surface area (Å²) in [5.74, 6) is 0.782. The van der Waals surface area contributed by atoms with Crippen molar-refractivity contribution >= 4 is 11.8 Å². The summed E-state index contributed by atoms with van der Waals surface area (Å²) < 4.78 is 38.6. The molecule has 1 aromatic rings. The fraction of sp³-hybridized carbons (Fsp3) is 0.571. The van der Waals surface area contributed by atoms with Gasteiger partial charge in [0.2, 0.25) is 0 Å². The van der Waals surface area contributed by atoms with E-state index in [1.807, 2.05) is 13.0 Å². The van der Waals surface area contributed by atoms with Crippen LogP contribution in [0.15, 0.2) is 23.1 Å². The molecule has 1 saturated heterocycles. The molecular weight excluding hydrogens is 271 g/mol. The maximum atomic E-state index is 12.9. The molecule has 0 aromatic heterocycles. The zero-order valence-electron chi connectivity index (χ0n) is 11.0. The Balaban J connectivity index is 2.22. The van der Waals surface area contributed by atoms with Gasteiger partial charge in [-0.25, -0.2) is 0 Å². The van der Waals surface area contributed by atoms with Crippen LogP contribution in [0.3, 0.4) is 0 Å². The highest BCUT2D eigenvalue weighted by molar-refractivity contribution is 7.99. The Labute approximate surface area is 116 Å². The van der Waals surface area contributed by atoms with E-state index in [0.717, 1.165) is 37.2 Å². The monoisotopic (exact) mass is 289 g/mol. The molecule has 0 amide bonds. The molecule has 19 heavy (non-hydrogen) atoms. The van der Waals surface area contributed by atoms with Crippen LogP contribution < -0.4 is 0 Å². The zero-order valence-corrected chi connectivity index (χ0v) is 11.8. The first-order valence-electron chi connectivity index (χ1n) is 6.55. The molecule has 0 unspecified atom stereocenters. The van der Waals surface area contributed by atoms with Crippen molar-refractivity contribution in [1.82, 2.24) is 4.90 Å². The first kappa shape index (κ1) is 14.7. The number of halogens is 3. The Hall–Kier alpha value is -0.680. The van der Waals surface area contributed by atoms with Crippen LogP contribution in [-0.2, 0) is 12.7 Å². The summed E-state index contributed by atoms with van der Waals surface area (Å²) in [6, 6.07) is 4.43. The van der Waals surface area contributed by atoms with Gasteiger partial charge >= 0.3 is 6.18 Å². The minimum absolute atomic E-state index is 0.528. The van der Waals surface area contributed by atoms with Crippen LogP contribution in [-0.4, -0.2) is 23.7 Å². The third-order valence-electron chi connectivity index (χ3n) is 3.21. The number of hydrogen-bond acceptors (Lipinski definition) is 2. The number of hydrogen-bond donors (Lipinski definition) is 0. The van der Waals surface area contributed by atoms with Crippen molar-refractivity contribution in [1.29, 1.82) is 0 Å². The lowest BCUT2D eigenvalue weighted by molar-refractivity contribution is -0.137. The summed E-state index contributed by atoms with van der Waals surface area (Å²) in [6.07, 6.45) is -1.96. The van der Waals surface area contributed by atoms with Crippen LogP contribution in [0, 0.1) is 0 Å². The maximum Gasteiger partial charge on any atom is 0.416 e. The van der Waals surface area contributed by atoms with Crippen LogP contribution in [0.1, 0.15) is 30.9 Å². The highest BCUT2D eigenvalue weighted by Crippen LogP contribution is 2.33. The van der Waals surface area contributed by atoms with Crippen LogP contribution in [0.5, 0.6) is 0 Å². The van der Waals surface area contributed by atoms with E-state index in [1.165, 1.54) is 23.9 Å². The zero-order chi connectivity index (χ0) is 13.9. The van der Waals surface area contributed by atoms with Crippen LogP contribution >= 0.6 is 11.8 Å². The Bertz CT molecular complexity index is 425. The Morgan fingerprint density at radius 1 is 1.16 bits per heavy atom. The Kier molecular flexibility index (Phi) is 4.79. The van der Waals surface area contributed by atoms with E-state index in [4.69, 9.17) is 0 Å². The Morgan fingerprint density at radius 3 is 2.42 bits per heavy atom. The fourth-order valence-corrected chi connectivity index (χ4v) is 3.14. The minimum Gasteiger partial charge on any atom is -0.299 e. The summed E-state index contributed by atoms with van der Waals surface area (Å²) in [6.45, 7) is 4.56. The number of rotatable bonds is 4. The summed E-state index contributed by atoms with van der Waals surface area (Å²) in [7, 11) is 0. The van der Waals surface area contributed by atoms with Crippen LogP contribution in [0.4, 0.5) is 13.2 Å². The molecule has 0 atom stereocenters. The van der Waals surface area contributed by atoms with Gasteiger partial charge < -0.3 is 0 Å². The van der Waals surface area contributed by atoms with Crippen molar-refractivity contribution in [3.63, 3.8) is 0 Å². The van der Waals surface area contributed by atoms with E-state index in [2.05, 4.69) is 4.90 Å².